The highest BCUT2D eigenvalue weighted by atomic mass is 79.9. The molecule has 0 amide bonds. The van der Waals surface area contributed by atoms with Gasteiger partial charge in [0.1, 0.15) is 11.6 Å². The maximum absolute atomic E-state index is 11.3. The summed E-state index contributed by atoms with van der Waals surface area (Å²) in [6.45, 7) is 3.29. The summed E-state index contributed by atoms with van der Waals surface area (Å²) < 4.78 is 8.12. The average Bonchev–Trinajstić information content (AvgIpc) is 2.72. The van der Waals surface area contributed by atoms with Gasteiger partial charge in [0.15, 0.2) is 5.06 Å². The quantitative estimate of drug-likeness (QED) is 0.482. The summed E-state index contributed by atoms with van der Waals surface area (Å²) >= 11 is 6.30. The Morgan fingerprint density at radius 2 is 2.12 bits per heavy atom. The van der Waals surface area contributed by atoms with E-state index in [1.807, 2.05) is 6.07 Å². The van der Waals surface area contributed by atoms with Crippen LogP contribution in [0.25, 0.3) is 9.40 Å². The summed E-state index contributed by atoms with van der Waals surface area (Å²) in [4.78, 5) is 11.3. The molecule has 6 heteroatoms. The zero-order valence-electron chi connectivity index (χ0n) is 7.82. The van der Waals surface area contributed by atoms with E-state index in [4.69, 9.17) is 10.00 Å². The van der Waals surface area contributed by atoms with Crippen LogP contribution in [0.1, 0.15) is 0 Å². The molecular formula is C10H4BrNO2S2. The van der Waals surface area contributed by atoms with Gasteiger partial charge in [-0.05, 0) is 22.0 Å². The Balaban J connectivity index is 2.22. The lowest BCUT2D eigenvalue weighted by Crippen LogP contribution is -2.07. The number of fused-ring (bicyclic) bond motifs is 1. The number of rotatable bonds is 2. The zero-order chi connectivity index (χ0) is 11.7. The molecule has 2 aromatic rings. The maximum Gasteiger partial charge on any atom is 0.354 e. The fraction of sp³-hybridized carbons (Fsp3) is 0. The molecule has 0 N–H and O–H groups in total. The lowest BCUT2D eigenvalue weighted by molar-refractivity contribution is -0.129. The van der Waals surface area contributed by atoms with E-state index in [1.165, 1.54) is 11.3 Å². The molecule has 0 aromatic carbocycles. The van der Waals surface area contributed by atoms with Crippen LogP contribution in [0.15, 0.2) is 28.1 Å². The highest BCUT2D eigenvalue weighted by Gasteiger charge is 2.12. The number of hydrogen-bond donors (Lipinski definition) is 0. The van der Waals surface area contributed by atoms with E-state index in [-0.39, 0.29) is 5.57 Å². The molecule has 2 heterocycles. The van der Waals surface area contributed by atoms with E-state index in [2.05, 4.69) is 22.5 Å². The summed E-state index contributed by atoms with van der Waals surface area (Å²) in [5.74, 6) is -0.699. The highest BCUT2D eigenvalue weighted by molar-refractivity contribution is 9.11. The Bertz CT molecular complexity index is 589. The largest absolute Gasteiger partial charge is 0.411 e. The molecule has 16 heavy (non-hydrogen) atoms. The van der Waals surface area contributed by atoms with Crippen molar-refractivity contribution >= 4 is 54.0 Å². The molecular weight excluding hydrogens is 310 g/mol. The molecule has 0 aliphatic rings. The van der Waals surface area contributed by atoms with E-state index < -0.39 is 5.97 Å². The predicted octanol–water partition coefficient (Wildman–Crippen LogP) is 3.71. The third-order valence-electron chi connectivity index (χ3n) is 1.73. The summed E-state index contributed by atoms with van der Waals surface area (Å²) in [5.41, 5.74) is -0.196. The number of nitrogens with zero attached hydrogens (tertiary/aromatic N) is 1. The van der Waals surface area contributed by atoms with Gasteiger partial charge in [-0.1, -0.05) is 17.9 Å². The van der Waals surface area contributed by atoms with Gasteiger partial charge in [-0.25, -0.2) is 4.79 Å². The Morgan fingerprint density at radius 1 is 1.44 bits per heavy atom. The van der Waals surface area contributed by atoms with Crippen LogP contribution in [0.4, 0.5) is 0 Å². The normalized spacial score (nSPS) is 10.0. The second-order valence-corrected chi connectivity index (χ2v) is 6.33. The second kappa shape index (κ2) is 4.37. The zero-order valence-corrected chi connectivity index (χ0v) is 11.0. The molecule has 3 nitrogen and oxygen atoms in total. The molecule has 2 rings (SSSR count). The van der Waals surface area contributed by atoms with E-state index >= 15 is 0 Å². The summed E-state index contributed by atoms with van der Waals surface area (Å²) in [6, 6.07) is 5.39. The minimum atomic E-state index is -0.699. The van der Waals surface area contributed by atoms with Gasteiger partial charge in [0.2, 0.25) is 0 Å². The van der Waals surface area contributed by atoms with Crippen LogP contribution in [0.3, 0.4) is 0 Å². The first kappa shape index (κ1) is 11.3. The van der Waals surface area contributed by atoms with Crippen LogP contribution in [-0.4, -0.2) is 5.97 Å². The van der Waals surface area contributed by atoms with Crippen LogP contribution in [0.2, 0.25) is 0 Å². The van der Waals surface area contributed by atoms with Crippen molar-refractivity contribution in [2.45, 2.75) is 0 Å². The maximum atomic E-state index is 11.3. The molecule has 0 spiro atoms. The Morgan fingerprint density at radius 3 is 2.75 bits per heavy atom. The van der Waals surface area contributed by atoms with Crippen molar-refractivity contribution < 1.29 is 9.53 Å². The van der Waals surface area contributed by atoms with Gasteiger partial charge in [0, 0.05) is 6.07 Å². The molecule has 0 bridgehead atoms. The SMILES string of the molecule is C=C(C#N)C(=O)Oc1cc2sc(Br)cc2s1. The lowest BCUT2D eigenvalue weighted by atomic mass is 10.3. The fourth-order valence-corrected chi connectivity index (χ4v) is 3.90. The van der Waals surface area contributed by atoms with Crippen molar-refractivity contribution in [1.82, 2.24) is 0 Å². The highest BCUT2D eigenvalue weighted by Crippen LogP contribution is 2.39. The monoisotopic (exact) mass is 313 g/mol. The number of carbonyl (C=O) groups is 1. The number of carbonyl (C=O) groups excluding carboxylic acids is 1. The summed E-state index contributed by atoms with van der Waals surface area (Å²) in [6.07, 6.45) is 0. The van der Waals surface area contributed by atoms with Crippen LogP contribution >= 0.6 is 38.6 Å². The first-order valence-electron chi connectivity index (χ1n) is 4.10. The van der Waals surface area contributed by atoms with Crippen LogP contribution in [0.5, 0.6) is 5.06 Å². The average molecular weight is 314 g/mol. The fourth-order valence-electron chi connectivity index (χ4n) is 1.03. The lowest BCUT2D eigenvalue weighted by Gasteiger charge is -1.96. The van der Waals surface area contributed by atoms with Crippen molar-refractivity contribution in [3.8, 4) is 11.1 Å². The van der Waals surface area contributed by atoms with Crippen LogP contribution < -0.4 is 4.74 Å². The molecule has 80 valence electrons. The van der Waals surface area contributed by atoms with Gasteiger partial charge in [-0.3, -0.25) is 0 Å². The van der Waals surface area contributed by atoms with Gasteiger partial charge in [0.25, 0.3) is 0 Å². The molecule has 0 atom stereocenters. The third kappa shape index (κ3) is 2.16. The molecule has 0 saturated heterocycles. The van der Waals surface area contributed by atoms with Crippen molar-refractivity contribution in [1.29, 1.82) is 5.26 Å². The van der Waals surface area contributed by atoms with Gasteiger partial charge in [-0.15, -0.1) is 11.3 Å². The first-order valence-corrected chi connectivity index (χ1v) is 6.53. The van der Waals surface area contributed by atoms with E-state index in [1.54, 1.807) is 23.5 Å². The minimum absolute atomic E-state index is 0.196. The number of halogens is 1. The van der Waals surface area contributed by atoms with Crippen LogP contribution in [0, 0.1) is 11.3 Å². The Hall–Kier alpha value is -1.16. The van der Waals surface area contributed by atoms with E-state index in [0.29, 0.717) is 5.06 Å². The number of esters is 1. The predicted molar refractivity (Wildman–Crippen MR) is 67.8 cm³/mol. The summed E-state index contributed by atoms with van der Waals surface area (Å²) in [5, 5.41) is 8.95. The molecule has 0 fully saturated rings. The first-order chi connectivity index (χ1) is 7.60. The second-order valence-electron chi connectivity index (χ2n) is 2.82. The Kier molecular flexibility index (Phi) is 3.10. The number of ether oxygens (including phenoxy) is 1. The molecule has 0 radical (unpaired) electrons. The molecule has 0 unspecified atom stereocenters. The molecule has 0 aliphatic heterocycles. The smallest absolute Gasteiger partial charge is 0.354 e. The van der Waals surface area contributed by atoms with Gasteiger partial charge < -0.3 is 4.74 Å². The molecule has 0 saturated carbocycles. The van der Waals surface area contributed by atoms with Crippen molar-refractivity contribution in [2.75, 3.05) is 0 Å². The number of hydrogen-bond acceptors (Lipinski definition) is 5. The summed E-state index contributed by atoms with van der Waals surface area (Å²) in [7, 11) is 0. The number of nitriles is 1. The van der Waals surface area contributed by atoms with Crippen molar-refractivity contribution in [2.24, 2.45) is 0 Å². The third-order valence-corrected chi connectivity index (χ3v) is 4.40. The van der Waals surface area contributed by atoms with Crippen molar-refractivity contribution in [3.05, 3.63) is 28.1 Å². The minimum Gasteiger partial charge on any atom is -0.411 e. The molecule has 2 aromatic heterocycles. The molecule has 0 aliphatic carbocycles. The topological polar surface area (TPSA) is 50.1 Å². The van der Waals surface area contributed by atoms with Crippen molar-refractivity contribution in [3.63, 3.8) is 0 Å². The van der Waals surface area contributed by atoms with Gasteiger partial charge in [-0.2, -0.15) is 5.26 Å². The van der Waals surface area contributed by atoms with Gasteiger partial charge >= 0.3 is 5.97 Å². The van der Waals surface area contributed by atoms with Crippen LogP contribution in [-0.2, 0) is 4.79 Å². The van der Waals surface area contributed by atoms with E-state index in [0.717, 1.165) is 13.2 Å². The van der Waals surface area contributed by atoms with E-state index in [9.17, 15) is 4.79 Å². The Labute approximate surface area is 108 Å². The number of thiophene rings is 2. The standard InChI is InChI=1S/C10H4BrNO2S2/c1-5(4-12)10(13)14-9-3-7-6(16-9)2-8(11)15-7/h2-3H,1H2. The van der Waals surface area contributed by atoms with Gasteiger partial charge in [0.05, 0.1) is 13.2 Å².